The van der Waals surface area contributed by atoms with Gasteiger partial charge in [0.1, 0.15) is 17.0 Å². The van der Waals surface area contributed by atoms with Crippen molar-refractivity contribution in [1.82, 2.24) is 25.1 Å². The summed E-state index contributed by atoms with van der Waals surface area (Å²) in [6.45, 7) is 4.16. The topological polar surface area (TPSA) is 70.6 Å². The van der Waals surface area contributed by atoms with Gasteiger partial charge in [-0.05, 0) is 50.2 Å². The monoisotopic (exact) mass is 348 g/mol. The minimum absolute atomic E-state index is 0.618. The lowest BCUT2D eigenvalue weighted by atomic mass is 9.77. The first-order chi connectivity index (χ1) is 12.7. The minimum Gasteiger partial charge on any atom is -0.355 e. The molecule has 134 valence electrons. The number of piperidine rings is 1. The van der Waals surface area contributed by atoms with Crippen molar-refractivity contribution < 1.29 is 0 Å². The average molecular weight is 348 g/mol. The SMILES string of the molecule is Cc1ncccc1-c1n[nH]c2nc(N3CCC4(CCCC4)CC3)cnc12. The highest BCUT2D eigenvalue weighted by atomic mass is 15.2. The molecule has 3 aromatic heterocycles. The molecule has 3 aromatic rings. The zero-order chi connectivity index (χ0) is 17.6. The number of aryl methyl sites for hydroxylation is 1. The molecule has 1 saturated heterocycles. The third-order valence-electron chi connectivity index (χ3n) is 6.33. The van der Waals surface area contributed by atoms with E-state index in [1.807, 2.05) is 25.3 Å². The molecule has 1 aliphatic heterocycles. The number of aromatic amines is 1. The zero-order valence-electron chi connectivity index (χ0n) is 15.2. The van der Waals surface area contributed by atoms with Gasteiger partial charge in [0.05, 0.1) is 6.20 Å². The van der Waals surface area contributed by atoms with E-state index in [9.17, 15) is 0 Å². The molecular formula is C20H24N6. The fourth-order valence-corrected chi connectivity index (χ4v) is 4.70. The van der Waals surface area contributed by atoms with Gasteiger partial charge in [0, 0.05) is 30.5 Å². The number of hydrogen-bond donors (Lipinski definition) is 1. The Morgan fingerprint density at radius 2 is 1.88 bits per heavy atom. The fourth-order valence-electron chi connectivity index (χ4n) is 4.70. The molecule has 0 atom stereocenters. The van der Waals surface area contributed by atoms with Crippen LogP contribution >= 0.6 is 0 Å². The van der Waals surface area contributed by atoms with Gasteiger partial charge in [-0.3, -0.25) is 10.1 Å². The summed E-state index contributed by atoms with van der Waals surface area (Å²) in [5.41, 5.74) is 4.96. The second kappa shape index (κ2) is 6.04. The van der Waals surface area contributed by atoms with Crippen LogP contribution in [0.25, 0.3) is 22.4 Å². The number of nitrogens with one attached hydrogen (secondary N) is 1. The number of aromatic nitrogens is 5. The van der Waals surface area contributed by atoms with Crippen LogP contribution in [0.15, 0.2) is 24.5 Å². The van der Waals surface area contributed by atoms with E-state index in [1.54, 1.807) is 6.20 Å². The predicted molar refractivity (Wildman–Crippen MR) is 102 cm³/mol. The number of nitrogens with zero attached hydrogens (tertiary/aromatic N) is 5. The minimum atomic E-state index is 0.618. The maximum Gasteiger partial charge on any atom is 0.177 e. The summed E-state index contributed by atoms with van der Waals surface area (Å²) in [7, 11) is 0. The Morgan fingerprint density at radius 3 is 2.65 bits per heavy atom. The lowest BCUT2D eigenvalue weighted by Crippen LogP contribution is -2.39. The van der Waals surface area contributed by atoms with E-state index >= 15 is 0 Å². The Balaban J connectivity index is 1.42. The van der Waals surface area contributed by atoms with E-state index in [0.717, 1.165) is 47.0 Å². The Hall–Kier alpha value is -2.50. The number of H-pyrrole nitrogens is 1. The van der Waals surface area contributed by atoms with Crippen LogP contribution in [0.1, 0.15) is 44.2 Å². The number of pyridine rings is 1. The highest BCUT2D eigenvalue weighted by Crippen LogP contribution is 2.46. The molecule has 0 bridgehead atoms. The summed E-state index contributed by atoms with van der Waals surface area (Å²) in [6.07, 6.45) is 11.9. The quantitative estimate of drug-likeness (QED) is 0.761. The standard InChI is InChI=1S/C20H24N6/c1-14-15(5-4-10-21-14)17-18-19(25-24-17)23-16(13-22-18)26-11-8-20(9-12-26)6-2-3-7-20/h4-5,10,13H,2-3,6-9,11-12H2,1H3,(H,23,24,25). The summed E-state index contributed by atoms with van der Waals surface area (Å²) in [5, 5.41) is 7.53. The first-order valence-corrected chi connectivity index (χ1v) is 9.62. The molecule has 0 radical (unpaired) electrons. The molecule has 1 aliphatic carbocycles. The van der Waals surface area contributed by atoms with Crippen molar-refractivity contribution >= 4 is 17.0 Å². The predicted octanol–water partition coefficient (Wildman–Crippen LogP) is 3.88. The molecule has 4 heterocycles. The highest BCUT2D eigenvalue weighted by molar-refractivity contribution is 5.88. The number of anilines is 1. The van der Waals surface area contributed by atoms with E-state index in [2.05, 4.69) is 20.1 Å². The number of fused-ring (bicyclic) bond motifs is 1. The van der Waals surface area contributed by atoms with E-state index in [4.69, 9.17) is 9.97 Å². The summed E-state index contributed by atoms with van der Waals surface area (Å²) >= 11 is 0. The molecule has 0 aromatic carbocycles. The van der Waals surface area contributed by atoms with Crippen LogP contribution in [0.5, 0.6) is 0 Å². The van der Waals surface area contributed by atoms with Crippen molar-refractivity contribution in [2.45, 2.75) is 45.4 Å². The lowest BCUT2D eigenvalue weighted by molar-refractivity contribution is 0.226. The van der Waals surface area contributed by atoms with Gasteiger partial charge in [0.25, 0.3) is 0 Å². The molecule has 6 heteroatoms. The smallest absolute Gasteiger partial charge is 0.177 e. The molecule has 0 unspecified atom stereocenters. The maximum absolute atomic E-state index is 4.81. The molecular weight excluding hydrogens is 324 g/mol. The largest absolute Gasteiger partial charge is 0.355 e. The van der Waals surface area contributed by atoms with Crippen molar-refractivity contribution in [2.75, 3.05) is 18.0 Å². The molecule has 2 fully saturated rings. The van der Waals surface area contributed by atoms with Gasteiger partial charge in [-0.15, -0.1) is 0 Å². The molecule has 1 spiro atoms. The molecule has 26 heavy (non-hydrogen) atoms. The van der Waals surface area contributed by atoms with Crippen LogP contribution in [0.3, 0.4) is 0 Å². The maximum atomic E-state index is 4.81. The van der Waals surface area contributed by atoms with Gasteiger partial charge in [-0.25, -0.2) is 9.97 Å². The average Bonchev–Trinajstić information content (AvgIpc) is 3.30. The van der Waals surface area contributed by atoms with E-state index in [0.29, 0.717) is 5.41 Å². The molecule has 2 aliphatic rings. The Morgan fingerprint density at radius 1 is 1.08 bits per heavy atom. The van der Waals surface area contributed by atoms with E-state index < -0.39 is 0 Å². The first kappa shape index (κ1) is 15.7. The summed E-state index contributed by atoms with van der Waals surface area (Å²) in [4.78, 5) is 16.3. The summed E-state index contributed by atoms with van der Waals surface area (Å²) in [5.74, 6) is 0.962. The van der Waals surface area contributed by atoms with Gasteiger partial charge in [-0.1, -0.05) is 12.8 Å². The zero-order valence-corrected chi connectivity index (χ0v) is 15.2. The first-order valence-electron chi connectivity index (χ1n) is 9.62. The molecule has 0 amide bonds. The molecule has 5 rings (SSSR count). The fraction of sp³-hybridized carbons (Fsp3) is 0.500. The van der Waals surface area contributed by atoms with Crippen molar-refractivity contribution in [3.8, 4) is 11.3 Å². The van der Waals surface area contributed by atoms with Gasteiger partial charge in [-0.2, -0.15) is 5.10 Å². The third-order valence-corrected chi connectivity index (χ3v) is 6.33. The van der Waals surface area contributed by atoms with Crippen LogP contribution in [-0.2, 0) is 0 Å². The van der Waals surface area contributed by atoms with Crippen LogP contribution in [-0.4, -0.2) is 38.2 Å². The van der Waals surface area contributed by atoms with Crippen molar-refractivity contribution in [2.24, 2.45) is 5.41 Å². The Labute approximate surface area is 153 Å². The van der Waals surface area contributed by atoms with Gasteiger partial charge < -0.3 is 4.90 Å². The molecule has 6 nitrogen and oxygen atoms in total. The normalized spacial score (nSPS) is 19.5. The van der Waals surface area contributed by atoms with Crippen LogP contribution in [0.4, 0.5) is 5.82 Å². The van der Waals surface area contributed by atoms with Crippen LogP contribution in [0, 0.1) is 12.3 Å². The van der Waals surface area contributed by atoms with Crippen LogP contribution < -0.4 is 4.90 Å². The van der Waals surface area contributed by atoms with E-state index in [1.165, 1.54) is 38.5 Å². The summed E-state index contributed by atoms with van der Waals surface area (Å²) < 4.78 is 0. The number of rotatable bonds is 2. The van der Waals surface area contributed by atoms with Crippen LogP contribution in [0.2, 0.25) is 0 Å². The van der Waals surface area contributed by atoms with Gasteiger partial charge in [0.15, 0.2) is 5.65 Å². The van der Waals surface area contributed by atoms with Crippen molar-refractivity contribution in [3.05, 3.63) is 30.2 Å². The molecule has 1 N–H and O–H groups in total. The summed E-state index contributed by atoms with van der Waals surface area (Å²) in [6, 6.07) is 3.95. The Kier molecular flexibility index (Phi) is 3.65. The second-order valence-electron chi connectivity index (χ2n) is 7.83. The third kappa shape index (κ3) is 2.55. The van der Waals surface area contributed by atoms with Crippen molar-refractivity contribution in [1.29, 1.82) is 0 Å². The Bertz CT molecular complexity index is 930. The highest BCUT2D eigenvalue weighted by Gasteiger charge is 2.37. The van der Waals surface area contributed by atoms with Gasteiger partial charge in [0.2, 0.25) is 0 Å². The number of hydrogen-bond acceptors (Lipinski definition) is 5. The van der Waals surface area contributed by atoms with E-state index in [-0.39, 0.29) is 0 Å². The molecule has 1 saturated carbocycles. The van der Waals surface area contributed by atoms with Crippen molar-refractivity contribution in [3.63, 3.8) is 0 Å². The lowest BCUT2D eigenvalue weighted by Gasteiger charge is -2.39. The van der Waals surface area contributed by atoms with Gasteiger partial charge >= 0.3 is 0 Å². The second-order valence-corrected chi connectivity index (χ2v) is 7.83.